The number of Topliss-reactive ketones (excluding diaryl/α,β-unsaturated/α-hetero) is 1. The minimum Gasteiger partial charge on any atom is -0.390 e. The Bertz CT molecular complexity index is 645. The van der Waals surface area contributed by atoms with Gasteiger partial charge in [-0.15, -0.1) is 0 Å². The number of ketones is 1. The van der Waals surface area contributed by atoms with Gasteiger partial charge in [-0.25, -0.2) is 0 Å². The molecule has 3 nitrogen and oxygen atoms in total. The standard InChI is InChI=1S/C26H43NO2/c1-17-10-13-27(15-17)16-24(28)23-7-6-22-21-5-4-18-14-25(2,29)11-8-19(18)20(21)9-12-26(22,23)3/h17-23,29H,4-16H2,1-3H3/t17?,18-,19+,20-,21-,22+,23-,25-,26+/m1/s1. The van der Waals surface area contributed by atoms with Crippen LogP contribution in [0, 0.1) is 46.8 Å². The van der Waals surface area contributed by atoms with Gasteiger partial charge in [0.15, 0.2) is 0 Å². The lowest BCUT2D eigenvalue weighted by Crippen LogP contribution is -2.51. The average Bonchev–Trinajstić information content (AvgIpc) is 3.22. The third kappa shape index (κ3) is 3.53. The summed E-state index contributed by atoms with van der Waals surface area (Å²) in [6, 6.07) is 0. The van der Waals surface area contributed by atoms with E-state index in [9.17, 15) is 9.90 Å². The van der Waals surface area contributed by atoms with Gasteiger partial charge in [0.2, 0.25) is 0 Å². The minimum absolute atomic E-state index is 0.261. The molecule has 1 aliphatic heterocycles. The Labute approximate surface area is 178 Å². The van der Waals surface area contributed by atoms with E-state index in [0.29, 0.717) is 18.2 Å². The van der Waals surface area contributed by atoms with Crippen LogP contribution < -0.4 is 0 Å². The van der Waals surface area contributed by atoms with E-state index < -0.39 is 5.60 Å². The molecule has 164 valence electrons. The monoisotopic (exact) mass is 401 g/mol. The molecule has 0 amide bonds. The predicted octanol–water partition coefficient (Wildman–Crippen LogP) is 4.92. The highest BCUT2D eigenvalue weighted by Gasteiger charge is 2.58. The van der Waals surface area contributed by atoms with Gasteiger partial charge in [-0.2, -0.15) is 0 Å². The molecule has 0 aromatic rings. The molecule has 0 aromatic heterocycles. The highest BCUT2D eigenvalue weighted by molar-refractivity contribution is 5.84. The van der Waals surface area contributed by atoms with Crippen LogP contribution in [0.4, 0.5) is 0 Å². The van der Waals surface area contributed by atoms with Crippen molar-refractivity contribution in [3.05, 3.63) is 0 Å². The quantitative estimate of drug-likeness (QED) is 0.730. The van der Waals surface area contributed by atoms with Crippen LogP contribution in [0.5, 0.6) is 0 Å². The highest BCUT2D eigenvalue weighted by Crippen LogP contribution is 2.64. The number of carbonyl (C=O) groups excluding carboxylic acids is 1. The van der Waals surface area contributed by atoms with E-state index in [1.807, 2.05) is 0 Å². The first-order chi connectivity index (χ1) is 13.8. The number of fused-ring (bicyclic) bond motifs is 5. The maximum Gasteiger partial charge on any atom is 0.150 e. The van der Waals surface area contributed by atoms with Gasteiger partial charge in [0, 0.05) is 12.5 Å². The lowest BCUT2D eigenvalue weighted by atomic mass is 9.49. The molecule has 4 saturated carbocycles. The average molecular weight is 402 g/mol. The molecule has 4 aliphatic carbocycles. The van der Waals surface area contributed by atoms with Crippen LogP contribution in [0.1, 0.15) is 85.0 Å². The molecular formula is C26H43NO2. The van der Waals surface area contributed by atoms with E-state index in [2.05, 4.69) is 25.7 Å². The fourth-order valence-corrected chi connectivity index (χ4v) is 9.11. The largest absolute Gasteiger partial charge is 0.390 e. The number of hydrogen-bond donors (Lipinski definition) is 1. The molecule has 3 heteroatoms. The van der Waals surface area contributed by atoms with Crippen molar-refractivity contribution in [1.29, 1.82) is 0 Å². The Hall–Kier alpha value is -0.410. The lowest BCUT2D eigenvalue weighted by molar-refractivity contribution is -0.133. The summed E-state index contributed by atoms with van der Waals surface area (Å²) in [6.07, 6.45) is 12.2. The molecule has 1 saturated heterocycles. The molecule has 0 aromatic carbocycles. The number of rotatable bonds is 3. The van der Waals surface area contributed by atoms with E-state index in [1.54, 1.807) is 0 Å². The van der Waals surface area contributed by atoms with Crippen molar-refractivity contribution in [2.45, 2.75) is 90.6 Å². The summed E-state index contributed by atoms with van der Waals surface area (Å²) in [6.45, 7) is 9.83. The van der Waals surface area contributed by atoms with Crippen molar-refractivity contribution >= 4 is 5.78 Å². The fraction of sp³-hybridized carbons (Fsp3) is 0.962. The number of aliphatic hydroxyl groups is 1. The number of nitrogens with zero attached hydrogens (tertiary/aromatic N) is 1. The minimum atomic E-state index is -0.422. The summed E-state index contributed by atoms with van der Waals surface area (Å²) in [7, 11) is 0. The van der Waals surface area contributed by atoms with Crippen LogP contribution >= 0.6 is 0 Å². The maximum atomic E-state index is 13.4. The second-order valence-corrected chi connectivity index (χ2v) is 12.4. The van der Waals surface area contributed by atoms with Gasteiger partial charge in [-0.3, -0.25) is 9.69 Å². The number of likely N-dealkylation sites (tertiary alicyclic amines) is 1. The van der Waals surface area contributed by atoms with Gasteiger partial charge in [0.05, 0.1) is 12.1 Å². The molecule has 0 radical (unpaired) electrons. The van der Waals surface area contributed by atoms with Crippen molar-refractivity contribution in [1.82, 2.24) is 4.90 Å². The van der Waals surface area contributed by atoms with Crippen molar-refractivity contribution in [2.24, 2.45) is 46.8 Å². The second kappa shape index (κ2) is 7.33. The Balaban J connectivity index is 1.28. The Morgan fingerprint density at radius 2 is 1.76 bits per heavy atom. The fourth-order valence-electron chi connectivity index (χ4n) is 9.11. The van der Waals surface area contributed by atoms with E-state index in [-0.39, 0.29) is 5.41 Å². The van der Waals surface area contributed by atoms with Gasteiger partial charge >= 0.3 is 0 Å². The van der Waals surface area contributed by atoms with E-state index >= 15 is 0 Å². The van der Waals surface area contributed by atoms with Crippen LogP contribution in [-0.4, -0.2) is 41.0 Å². The van der Waals surface area contributed by atoms with Crippen molar-refractivity contribution < 1.29 is 9.90 Å². The van der Waals surface area contributed by atoms with Gasteiger partial charge in [-0.1, -0.05) is 13.8 Å². The molecule has 5 rings (SSSR count). The molecule has 5 aliphatic rings. The lowest BCUT2D eigenvalue weighted by Gasteiger charge is -2.56. The summed E-state index contributed by atoms with van der Waals surface area (Å²) < 4.78 is 0. The Morgan fingerprint density at radius 1 is 0.966 bits per heavy atom. The van der Waals surface area contributed by atoms with Crippen molar-refractivity contribution in [3.8, 4) is 0 Å². The van der Waals surface area contributed by atoms with Crippen LogP contribution in [0.3, 0.4) is 0 Å². The summed E-state index contributed by atoms with van der Waals surface area (Å²) in [5.41, 5.74) is -0.161. The first kappa shape index (κ1) is 20.5. The first-order valence-electron chi connectivity index (χ1n) is 12.7. The predicted molar refractivity (Wildman–Crippen MR) is 116 cm³/mol. The van der Waals surface area contributed by atoms with Crippen LogP contribution in [0.25, 0.3) is 0 Å². The zero-order valence-corrected chi connectivity index (χ0v) is 19.0. The Morgan fingerprint density at radius 3 is 2.52 bits per heavy atom. The highest BCUT2D eigenvalue weighted by atomic mass is 16.3. The molecule has 0 spiro atoms. The van der Waals surface area contributed by atoms with Crippen LogP contribution in [0.2, 0.25) is 0 Å². The van der Waals surface area contributed by atoms with Crippen LogP contribution in [-0.2, 0) is 4.79 Å². The van der Waals surface area contributed by atoms with Gasteiger partial charge in [0.25, 0.3) is 0 Å². The summed E-state index contributed by atoms with van der Waals surface area (Å²) in [4.78, 5) is 15.8. The molecular weight excluding hydrogens is 358 g/mol. The summed E-state index contributed by atoms with van der Waals surface area (Å²) in [5, 5.41) is 10.6. The van der Waals surface area contributed by atoms with Crippen molar-refractivity contribution in [3.63, 3.8) is 0 Å². The number of hydrogen-bond acceptors (Lipinski definition) is 3. The molecule has 5 fully saturated rings. The second-order valence-electron chi connectivity index (χ2n) is 12.4. The first-order valence-corrected chi connectivity index (χ1v) is 12.7. The van der Waals surface area contributed by atoms with Crippen molar-refractivity contribution in [2.75, 3.05) is 19.6 Å². The molecule has 1 N–H and O–H groups in total. The summed E-state index contributed by atoms with van der Waals surface area (Å²) in [5.74, 6) is 5.73. The topological polar surface area (TPSA) is 40.5 Å². The van der Waals surface area contributed by atoms with Gasteiger partial charge in [-0.05, 0) is 119 Å². The zero-order valence-electron chi connectivity index (χ0n) is 19.0. The molecule has 0 bridgehead atoms. The van der Waals surface area contributed by atoms with E-state index in [1.165, 1.54) is 44.9 Å². The number of carbonyl (C=O) groups is 1. The zero-order chi connectivity index (χ0) is 20.4. The molecule has 1 heterocycles. The smallest absolute Gasteiger partial charge is 0.150 e. The molecule has 9 atom stereocenters. The van der Waals surface area contributed by atoms with E-state index in [0.717, 1.165) is 67.9 Å². The maximum absolute atomic E-state index is 13.4. The third-order valence-electron chi connectivity index (χ3n) is 10.5. The molecule has 1 unspecified atom stereocenters. The van der Waals surface area contributed by atoms with Gasteiger partial charge in [0.1, 0.15) is 5.78 Å². The SMILES string of the molecule is CC1CCN(CC(=O)[C@H]2CC[C@H]3[C@@H]4CC[C@@H]5C[C@](C)(O)CC[C@@H]5[C@H]4CC[C@]23C)C1. The van der Waals surface area contributed by atoms with Crippen LogP contribution in [0.15, 0.2) is 0 Å². The van der Waals surface area contributed by atoms with E-state index in [4.69, 9.17) is 0 Å². The van der Waals surface area contributed by atoms with Gasteiger partial charge < -0.3 is 5.11 Å². The normalized spacial score (nSPS) is 52.6. The Kier molecular flexibility index (Phi) is 5.18. The third-order valence-corrected chi connectivity index (χ3v) is 10.5. The summed E-state index contributed by atoms with van der Waals surface area (Å²) >= 11 is 0. The molecule has 29 heavy (non-hydrogen) atoms.